The molecule has 5 rings (SSSR count). The van der Waals surface area contributed by atoms with Gasteiger partial charge in [0.1, 0.15) is 23.4 Å². The van der Waals surface area contributed by atoms with Crippen LogP contribution in [0.5, 0.6) is 28.7 Å². The molecule has 3 aliphatic rings. The Morgan fingerprint density at radius 3 is 1.98 bits per heavy atom. The number of fused-ring (bicyclic) bond motifs is 3. The molecule has 1 aliphatic carbocycles. The van der Waals surface area contributed by atoms with E-state index in [0.717, 1.165) is 19.3 Å². The minimum absolute atomic E-state index is 0.00746. The predicted octanol–water partition coefficient (Wildman–Crippen LogP) is 8.21. The van der Waals surface area contributed by atoms with Crippen molar-refractivity contribution in [1.82, 2.24) is 0 Å². The molecule has 48 heavy (non-hydrogen) atoms. The quantitative estimate of drug-likeness (QED) is 0.0721. The fourth-order valence-electron chi connectivity index (χ4n) is 7.36. The monoisotopic (exact) mass is 662 g/mol. The molecule has 5 N–H and O–H groups in total. The summed E-state index contributed by atoms with van der Waals surface area (Å²) in [5, 5.41) is 52.8. The van der Waals surface area contributed by atoms with Crippen LogP contribution in [0.25, 0.3) is 0 Å². The van der Waals surface area contributed by atoms with Crippen molar-refractivity contribution in [3.63, 3.8) is 0 Å². The molecule has 0 aromatic heterocycles. The van der Waals surface area contributed by atoms with Crippen molar-refractivity contribution < 1.29 is 44.6 Å². The summed E-state index contributed by atoms with van der Waals surface area (Å²) in [7, 11) is 0. The molecule has 0 saturated carbocycles. The van der Waals surface area contributed by atoms with E-state index in [1.807, 2.05) is 0 Å². The first-order valence-electron chi connectivity index (χ1n) is 17.7. The number of rotatable bonds is 15. The minimum Gasteiger partial charge on any atom is -0.507 e. The van der Waals surface area contributed by atoms with Crippen LogP contribution in [0, 0.1) is 0 Å². The molecule has 0 amide bonds. The number of ether oxygens (including phenoxy) is 2. The maximum atomic E-state index is 13.8. The lowest BCUT2D eigenvalue weighted by molar-refractivity contribution is -0.120. The van der Waals surface area contributed by atoms with Gasteiger partial charge < -0.3 is 35.0 Å². The maximum absolute atomic E-state index is 13.8. The number of hydrogen-bond acceptors (Lipinski definition) is 9. The van der Waals surface area contributed by atoms with Gasteiger partial charge in [0.2, 0.25) is 11.6 Å². The molecule has 2 aromatic rings. The second kappa shape index (κ2) is 15.1. The molecule has 9 nitrogen and oxygen atoms in total. The number of unbranched alkanes of at least 4 members (excludes halogenated alkanes) is 12. The van der Waals surface area contributed by atoms with Crippen LogP contribution < -0.4 is 9.47 Å². The van der Waals surface area contributed by atoms with Crippen molar-refractivity contribution >= 4 is 11.6 Å². The Bertz CT molecular complexity index is 1600. The lowest BCUT2D eigenvalue weighted by Crippen LogP contribution is -2.40. The number of aliphatic hydroxyl groups excluding tert-OH is 2. The highest BCUT2D eigenvalue weighted by molar-refractivity contribution is 6.24. The van der Waals surface area contributed by atoms with Crippen LogP contribution in [-0.4, -0.2) is 43.2 Å². The Morgan fingerprint density at radius 1 is 0.771 bits per heavy atom. The van der Waals surface area contributed by atoms with Crippen LogP contribution in [0.3, 0.4) is 0 Å². The second-order valence-electron chi connectivity index (χ2n) is 14.0. The van der Waals surface area contributed by atoms with E-state index >= 15 is 0 Å². The summed E-state index contributed by atoms with van der Waals surface area (Å²) in [4.78, 5) is 27.5. The Morgan fingerprint density at radius 2 is 1.38 bits per heavy atom. The SMILES string of the molecule is CCCCCCCCCCCCCCCC1=C(O)C(=O)C2=C(Oc3cc(O)c4c(c3C2(C)C)O[C@@H](c2ccc(O)c(O)c2)[C@H](O)C4)C1=O. The van der Waals surface area contributed by atoms with Gasteiger partial charge in [-0.15, -0.1) is 0 Å². The first-order chi connectivity index (χ1) is 23.0. The molecule has 0 spiro atoms. The smallest absolute Gasteiger partial charge is 0.228 e. The van der Waals surface area contributed by atoms with Gasteiger partial charge in [-0.25, -0.2) is 0 Å². The van der Waals surface area contributed by atoms with Crippen molar-refractivity contribution in [3.05, 3.63) is 63.6 Å². The van der Waals surface area contributed by atoms with Gasteiger partial charge in [0.25, 0.3) is 0 Å². The molecule has 2 aromatic carbocycles. The molecule has 2 atom stereocenters. The van der Waals surface area contributed by atoms with Crippen LogP contribution >= 0.6 is 0 Å². The standard InChI is InChI=1S/C39H50O9/c1-4-5-6-7-8-9-10-11-12-13-14-15-16-17-24-33(44)35(46)32-38(34(24)45)47-30-22-27(41)25-21-29(43)36(23-18-19-26(40)28(42)20-23)48-37(25)31(30)39(32,2)3/h18-20,22,29,36,40-44H,4-17,21H2,1-3H3/t29-,36+/m1/s1. The summed E-state index contributed by atoms with van der Waals surface area (Å²) in [5.41, 5.74) is -0.0476. The Labute approximate surface area is 282 Å². The summed E-state index contributed by atoms with van der Waals surface area (Å²) in [6, 6.07) is 5.45. The summed E-state index contributed by atoms with van der Waals surface area (Å²) < 4.78 is 12.4. The van der Waals surface area contributed by atoms with Crippen molar-refractivity contribution in [2.45, 2.75) is 135 Å². The Hall–Kier alpha value is -3.98. The average molecular weight is 663 g/mol. The third-order valence-electron chi connectivity index (χ3n) is 10.1. The lowest BCUT2D eigenvalue weighted by atomic mass is 9.69. The molecule has 9 heteroatoms. The van der Waals surface area contributed by atoms with E-state index in [-0.39, 0.29) is 58.5 Å². The average Bonchev–Trinajstić information content (AvgIpc) is 3.04. The molecule has 0 unspecified atom stereocenters. The largest absolute Gasteiger partial charge is 0.507 e. The molecule has 0 bridgehead atoms. The summed E-state index contributed by atoms with van der Waals surface area (Å²) in [6.07, 6.45) is 13.5. The van der Waals surface area contributed by atoms with Gasteiger partial charge in [-0.2, -0.15) is 0 Å². The van der Waals surface area contributed by atoms with Crippen LogP contribution in [0.15, 0.2) is 46.9 Å². The Kier molecular flexibility index (Phi) is 11.1. The third-order valence-corrected chi connectivity index (χ3v) is 10.1. The number of aromatic hydroxyl groups is 3. The van der Waals surface area contributed by atoms with E-state index in [1.54, 1.807) is 13.8 Å². The number of Topliss-reactive ketones (excluding diaryl/α,β-unsaturated/α-hetero) is 2. The van der Waals surface area contributed by atoms with E-state index in [2.05, 4.69) is 6.92 Å². The van der Waals surface area contributed by atoms with E-state index in [9.17, 15) is 35.1 Å². The molecular formula is C39H50O9. The number of carbonyl (C=O) groups excluding carboxylic acids is 2. The number of ketones is 2. The zero-order valence-electron chi connectivity index (χ0n) is 28.4. The van der Waals surface area contributed by atoms with E-state index < -0.39 is 34.9 Å². The van der Waals surface area contributed by atoms with Crippen LogP contribution in [-0.2, 0) is 21.4 Å². The first kappa shape index (κ1) is 35.3. The minimum atomic E-state index is -1.19. The van der Waals surface area contributed by atoms with Gasteiger partial charge in [0.15, 0.2) is 23.0 Å². The second-order valence-corrected chi connectivity index (χ2v) is 14.0. The molecule has 2 heterocycles. The molecular weight excluding hydrogens is 612 g/mol. The fourth-order valence-corrected chi connectivity index (χ4v) is 7.36. The fraction of sp³-hybridized carbons (Fsp3) is 0.538. The van der Waals surface area contributed by atoms with E-state index in [0.29, 0.717) is 23.1 Å². The number of phenols is 3. The summed E-state index contributed by atoms with van der Waals surface area (Å²) in [6.45, 7) is 5.69. The van der Waals surface area contributed by atoms with Gasteiger partial charge in [0.05, 0.1) is 11.7 Å². The molecule has 0 radical (unpaired) electrons. The first-order valence-corrected chi connectivity index (χ1v) is 17.7. The Balaban J connectivity index is 1.25. The summed E-state index contributed by atoms with van der Waals surface area (Å²) in [5.74, 6) is -2.51. The van der Waals surface area contributed by atoms with Gasteiger partial charge >= 0.3 is 0 Å². The maximum Gasteiger partial charge on any atom is 0.228 e. The lowest BCUT2D eigenvalue weighted by Gasteiger charge is -2.41. The number of aliphatic hydroxyl groups is 2. The van der Waals surface area contributed by atoms with Crippen LogP contribution in [0.1, 0.15) is 133 Å². The van der Waals surface area contributed by atoms with E-state index in [1.165, 1.54) is 82.1 Å². The number of phenolic OH excluding ortho intramolecular Hbond substituents is 3. The molecule has 260 valence electrons. The summed E-state index contributed by atoms with van der Waals surface area (Å²) >= 11 is 0. The highest BCUT2D eigenvalue weighted by Gasteiger charge is 2.50. The number of hydrogen-bond donors (Lipinski definition) is 5. The van der Waals surface area contributed by atoms with Crippen molar-refractivity contribution in [1.29, 1.82) is 0 Å². The molecule has 0 saturated heterocycles. The highest BCUT2D eigenvalue weighted by Crippen LogP contribution is 2.56. The van der Waals surface area contributed by atoms with Gasteiger partial charge in [-0.3, -0.25) is 9.59 Å². The van der Waals surface area contributed by atoms with Crippen LogP contribution in [0.4, 0.5) is 0 Å². The van der Waals surface area contributed by atoms with Gasteiger partial charge in [-0.1, -0.05) is 104 Å². The normalized spacial score (nSPS) is 19.8. The number of benzene rings is 2. The van der Waals surface area contributed by atoms with Crippen molar-refractivity contribution in [2.75, 3.05) is 0 Å². The zero-order chi connectivity index (χ0) is 34.6. The zero-order valence-corrected chi connectivity index (χ0v) is 28.4. The number of allylic oxidation sites excluding steroid dienone is 2. The number of carbonyl (C=O) groups is 2. The van der Waals surface area contributed by atoms with Gasteiger partial charge in [0, 0.05) is 34.6 Å². The molecule has 2 aliphatic heterocycles. The van der Waals surface area contributed by atoms with Crippen molar-refractivity contribution in [2.24, 2.45) is 0 Å². The van der Waals surface area contributed by atoms with Crippen molar-refractivity contribution in [3.8, 4) is 28.7 Å². The molecule has 0 fully saturated rings. The predicted molar refractivity (Wildman–Crippen MR) is 182 cm³/mol. The third kappa shape index (κ3) is 7.07. The highest BCUT2D eigenvalue weighted by atomic mass is 16.5. The van der Waals surface area contributed by atoms with Crippen LogP contribution in [0.2, 0.25) is 0 Å². The topological polar surface area (TPSA) is 154 Å². The van der Waals surface area contributed by atoms with Gasteiger partial charge in [-0.05, 0) is 30.5 Å². The van der Waals surface area contributed by atoms with E-state index in [4.69, 9.17) is 9.47 Å².